The molecular weight excluding hydrogens is 271 g/mol. The molecule has 0 amide bonds. The summed E-state index contributed by atoms with van der Waals surface area (Å²) in [6.07, 6.45) is 5.73. The quantitative estimate of drug-likeness (QED) is 0.745. The van der Waals surface area contributed by atoms with E-state index in [4.69, 9.17) is 0 Å². The molecule has 0 aromatic carbocycles. The van der Waals surface area contributed by atoms with Crippen molar-refractivity contribution in [2.45, 2.75) is 0 Å². The van der Waals surface area contributed by atoms with Crippen molar-refractivity contribution in [3.63, 3.8) is 0 Å². The first kappa shape index (κ1) is 7.42. The van der Waals surface area contributed by atoms with Crippen molar-refractivity contribution in [1.82, 2.24) is 8.96 Å². The van der Waals surface area contributed by atoms with E-state index in [0.29, 0.717) is 0 Å². The molecule has 2 nitrogen and oxygen atoms in total. The number of hydrogen-bond donors (Lipinski definition) is 0. The number of hydrogen-bond acceptors (Lipinski definition) is 2. The van der Waals surface area contributed by atoms with Crippen LogP contribution in [0.3, 0.4) is 0 Å². The summed E-state index contributed by atoms with van der Waals surface area (Å²) in [5.41, 5.74) is 1.22. The normalized spacial score (nSPS) is 10.6. The van der Waals surface area contributed by atoms with Crippen LogP contribution in [-0.4, -0.2) is 8.96 Å². The Balaban J connectivity index is 2.76. The largest absolute Gasteiger partial charge is 0.282 e. The van der Waals surface area contributed by atoms with E-state index in [9.17, 15) is 0 Å². The Morgan fingerprint density at radius 3 is 3.18 bits per heavy atom. The van der Waals surface area contributed by atoms with Gasteiger partial charge in [0.25, 0.3) is 0 Å². The van der Waals surface area contributed by atoms with Gasteiger partial charge >= 0.3 is 0 Å². The maximum atomic E-state index is 4.04. The van der Waals surface area contributed by atoms with E-state index < -0.39 is 0 Å². The Morgan fingerprint density at radius 1 is 1.45 bits per heavy atom. The molecular formula is C7H5IN2S. The Hall–Kier alpha value is -0.230. The maximum Gasteiger partial charge on any atom is 0.0629 e. The summed E-state index contributed by atoms with van der Waals surface area (Å²) in [7, 11) is 1.66. The smallest absolute Gasteiger partial charge is 0.0629 e. The fourth-order valence-corrected chi connectivity index (χ4v) is 2.39. The van der Waals surface area contributed by atoms with Gasteiger partial charge in [-0.1, -0.05) is 0 Å². The Bertz CT molecular complexity index is 371. The minimum absolute atomic E-state index is 1.19. The molecule has 0 saturated heterocycles. The van der Waals surface area contributed by atoms with Crippen LogP contribution in [0.25, 0.3) is 10.9 Å². The second-order valence-electron chi connectivity index (χ2n) is 2.15. The van der Waals surface area contributed by atoms with Crippen molar-refractivity contribution in [2.24, 2.45) is 0 Å². The zero-order chi connectivity index (χ0) is 7.68. The van der Waals surface area contributed by atoms with Crippen molar-refractivity contribution in [2.75, 3.05) is 0 Å². The standard InChI is InChI=1S/C7H5IN2S/c8-11-10-4-2-6-5-9-3-1-7(6)10/h1-5H. The van der Waals surface area contributed by atoms with Gasteiger partial charge in [-0.25, -0.2) is 0 Å². The van der Waals surface area contributed by atoms with E-state index in [2.05, 4.69) is 36.2 Å². The number of pyridine rings is 1. The van der Waals surface area contributed by atoms with Gasteiger partial charge in [-0.3, -0.25) is 8.96 Å². The molecule has 0 saturated carbocycles. The second-order valence-corrected chi connectivity index (χ2v) is 3.86. The third kappa shape index (κ3) is 1.24. The monoisotopic (exact) mass is 276 g/mol. The summed E-state index contributed by atoms with van der Waals surface area (Å²) >= 11 is 2.26. The fourth-order valence-electron chi connectivity index (χ4n) is 1.02. The second kappa shape index (κ2) is 3.02. The van der Waals surface area contributed by atoms with Gasteiger partial charge in [0.2, 0.25) is 0 Å². The van der Waals surface area contributed by atoms with Crippen LogP contribution in [0.2, 0.25) is 0 Å². The van der Waals surface area contributed by atoms with E-state index >= 15 is 0 Å². The molecule has 0 unspecified atom stereocenters. The lowest BCUT2D eigenvalue weighted by atomic mass is 10.3. The third-order valence-electron chi connectivity index (χ3n) is 1.53. The van der Waals surface area contributed by atoms with Crippen LogP contribution < -0.4 is 0 Å². The van der Waals surface area contributed by atoms with Crippen LogP contribution in [0.4, 0.5) is 0 Å². The predicted octanol–water partition coefficient (Wildman–Crippen LogP) is 2.88. The van der Waals surface area contributed by atoms with Crippen LogP contribution in [0, 0.1) is 0 Å². The zero-order valence-electron chi connectivity index (χ0n) is 5.57. The topological polar surface area (TPSA) is 17.8 Å². The highest BCUT2D eigenvalue weighted by atomic mass is 127. The van der Waals surface area contributed by atoms with E-state index in [1.54, 1.807) is 9.12 Å². The third-order valence-corrected chi connectivity index (χ3v) is 3.27. The summed E-state index contributed by atoms with van der Waals surface area (Å²) in [5.74, 6) is 0. The Kier molecular flexibility index (Phi) is 2.04. The SMILES string of the molecule is ISn1ccc2cnccc21. The van der Waals surface area contributed by atoms with Gasteiger partial charge in [-0.15, -0.1) is 0 Å². The molecule has 2 rings (SSSR count). The van der Waals surface area contributed by atoms with Crippen molar-refractivity contribution in [3.05, 3.63) is 30.7 Å². The number of rotatable bonds is 1. The van der Waals surface area contributed by atoms with Crippen molar-refractivity contribution in [1.29, 1.82) is 0 Å². The first-order valence-corrected chi connectivity index (χ1v) is 6.43. The van der Waals surface area contributed by atoms with Gasteiger partial charge in [-0.2, -0.15) is 0 Å². The first-order valence-electron chi connectivity index (χ1n) is 3.12. The molecule has 0 aliphatic rings. The molecule has 0 N–H and O–H groups in total. The van der Waals surface area contributed by atoms with Gasteiger partial charge < -0.3 is 0 Å². The van der Waals surface area contributed by atoms with Crippen molar-refractivity contribution >= 4 is 41.2 Å². The molecule has 0 atom stereocenters. The minimum atomic E-state index is 1.19. The number of fused-ring (bicyclic) bond motifs is 1. The van der Waals surface area contributed by atoms with E-state index in [-0.39, 0.29) is 0 Å². The summed E-state index contributed by atoms with van der Waals surface area (Å²) in [4.78, 5) is 4.04. The molecule has 2 aromatic rings. The molecule has 0 aliphatic carbocycles. The molecule has 11 heavy (non-hydrogen) atoms. The van der Waals surface area contributed by atoms with Gasteiger partial charge in [0, 0.05) is 54.3 Å². The summed E-state index contributed by atoms with van der Waals surface area (Å²) in [6.45, 7) is 0. The Morgan fingerprint density at radius 2 is 2.36 bits per heavy atom. The van der Waals surface area contributed by atoms with Gasteiger partial charge in [-0.05, 0) is 12.1 Å². The summed E-state index contributed by atoms with van der Waals surface area (Å²) < 4.78 is 2.11. The maximum absolute atomic E-state index is 4.04. The number of nitrogens with zero attached hydrogens (tertiary/aromatic N) is 2. The Labute approximate surface area is 80.7 Å². The molecule has 0 fully saturated rings. The predicted molar refractivity (Wildman–Crippen MR) is 56.7 cm³/mol. The van der Waals surface area contributed by atoms with Crippen molar-refractivity contribution < 1.29 is 0 Å². The summed E-state index contributed by atoms with van der Waals surface area (Å²) in [6, 6.07) is 4.08. The van der Waals surface area contributed by atoms with Gasteiger partial charge in [0.15, 0.2) is 0 Å². The molecule has 0 bridgehead atoms. The highest BCUT2D eigenvalue weighted by Gasteiger charge is 1.97. The molecule has 4 heteroatoms. The van der Waals surface area contributed by atoms with Crippen LogP contribution >= 0.6 is 30.3 Å². The highest BCUT2D eigenvalue weighted by Crippen LogP contribution is 2.23. The minimum Gasteiger partial charge on any atom is -0.282 e. The van der Waals surface area contributed by atoms with Gasteiger partial charge in [0.1, 0.15) is 0 Å². The molecule has 0 radical (unpaired) electrons. The van der Waals surface area contributed by atoms with E-state index in [0.717, 1.165) is 0 Å². The highest BCUT2D eigenvalue weighted by molar-refractivity contribution is 14.2. The average molecular weight is 276 g/mol. The zero-order valence-corrected chi connectivity index (χ0v) is 8.54. The van der Waals surface area contributed by atoms with Crippen LogP contribution in [0.1, 0.15) is 0 Å². The number of halogens is 1. The lowest BCUT2D eigenvalue weighted by Gasteiger charge is -1.94. The molecule has 2 aromatic heterocycles. The molecule has 56 valence electrons. The lowest BCUT2D eigenvalue weighted by molar-refractivity contribution is 1.33. The lowest BCUT2D eigenvalue weighted by Crippen LogP contribution is -1.77. The first-order chi connectivity index (χ1) is 5.42. The van der Waals surface area contributed by atoms with Crippen LogP contribution in [-0.2, 0) is 0 Å². The number of aromatic nitrogens is 2. The van der Waals surface area contributed by atoms with Crippen LogP contribution in [0.5, 0.6) is 0 Å². The molecule has 2 heterocycles. The van der Waals surface area contributed by atoms with Gasteiger partial charge in [0.05, 0.1) is 5.52 Å². The molecule has 0 spiro atoms. The van der Waals surface area contributed by atoms with Crippen molar-refractivity contribution in [3.8, 4) is 0 Å². The summed E-state index contributed by atoms with van der Waals surface area (Å²) in [5, 5.41) is 1.19. The van der Waals surface area contributed by atoms with E-state index in [1.165, 1.54) is 10.9 Å². The van der Waals surface area contributed by atoms with Crippen LogP contribution in [0.15, 0.2) is 30.7 Å². The van der Waals surface area contributed by atoms with E-state index in [1.807, 2.05) is 24.7 Å². The molecule has 0 aliphatic heterocycles. The fraction of sp³-hybridized carbons (Fsp3) is 0. The average Bonchev–Trinajstić information content (AvgIpc) is 2.47.